The Balaban J connectivity index is 1.95. The minimum atomic E-state index is -0.338. The van der Waals surface area contributed by atoms with Crippen LogP contribution in [0.25, 0.3) is 0 Å². The average molecular weight is 265 g/mol. The van der Waals surface area contributed by atoms with Crippen LogP contribution in [0.4, 0.5) is 0 Å². The van der Waals surface area contributed by atoms with Gasteiger partial charge in [-0.15, -0.1) is 0 Å². The Morgan fingerprint density at radius 1 is 1.47 bits per heavy atom. The smallest absolute Gasteiger partial charge is 0.341 e. The highest BCUT2D eigenvalue weighted by Crippen LogP contribution is 2.31. The number of esters is 1. The summed E-state index contributed by atoms with van der Waals surface area (Å²) in [4.78, 5) is 11.5. The second-order valence-electron chi connectivity index (χ2n) is 5.58. The minimum absolute atomic E-state index is 0.338. The van der Waals surface area contributed by atoms with Crippen molar-refractivity contribution in [1.82, 2.24) is 5.32 Å². The fraction of sp³-hybridized carbons (Fsp3) is 0.667. The van der Waals surface area contributed by atoms with Crippen molar-refractivity contribution in [3.8, 4) is 0 Å². The van der Waals surface area contributed by atoms with Gasteiger partial charge in [0.1, 0.15) is 17.1 Å². The third kappa shape index (κ3) is 3.00. The molecule has 0 aromatic carbocycles. The molecule has 0 bridgehead atoms. The number of furan rings is 1. The number of carbonyl (C=O) groups is 1. The molecule has 1 aliphatic rings. The first-order chi connectivity index (χ1) is 9.02. The van der Waals surface area contributed by atoms with Crippen molar-refractivity contribution < 1.29 is 13.9 Å². The topological polar surface area (TPSA) is 51.5 Å². The van der Waals surface area contributed by atoms with E-state index >= 15 is 0 Å². The maximum absolute atomic E-state index is 11.5. The molecule has 1 aliphatic carbocycles. The summed E-state index contributed by atoms with van der Waals surface area (Å²) >= 11 is 0. The van der Waals surface area contributed by atoms with E-state index in [2.05, 4.69) is 19.2 Å². The number of rotatable bonds is 4. The Kier molecular flexibility index (Phi) is 4.30. The molecule has 0 saturated heterocycles. The maximum Gasteiger partial charge on any atom is 0.341 e. The van der Waals surface area contributed by atoms with Gasteiger partial charge in [0.15, 0.2) is 0 Å². The molecule has 19 heavy (non-hydrogen) atoms. The molecule has 1 aromatic rings. The number of hydrogen-bond acceptors (Lipinski definition) is 4. The average Bonchev–Trinajstić information content (AvgIpc) is 2.91. The van der Waals surface area contributed by atoms with Crippen LogP contribution in [-0.2, 0) is 11.3 Å². The van der Waals surface area contributed by atoms with E-state index in [9.17, 15) is 4.79 Å². The van der Waals surface area contributed by atoms with Crippen molar-refractivity contribution in [3.05, 3.63) is 23.2 Å². The summed E-state index contributed by atoms with van der Waals surface area (Å²) in [6, 6.07) is 2.32. The summed E-state index contributed by atoms with van der Waals surface area (Å²) < 4.78 is 10.3. The molecule has 1 saturated carbocycles. The SMILES string of the molecule is COC(=O)c1cc(CNC2CCC(C)C2C)oc1C. The molecule has 2 rings (SSSR count). The monoisotopic (exact) mass is 265 g/mol. The van der Waals surface area contributed by atoms with Crippen molar-refractivity contribution in [2.75, 3.05) is 7.11 Å². The molecular formula is C15H23NO3. The number of carbonyl (C=O) groups excluding carboxylic acids is 1. The molecule has 1 N–H and O–H groups in total. The van der Waals surface area contributed by atoms with E-state index in [-0.39, 0.29) is 5.97 Å². The van der Waals surface area contributed by atoms with E-state index in [0.29, 0.717) is 29.8 Å². The lowest BCUT2D eigenvalue weighted by molar-refractivity contribution is 0.0599. The molecule has 106 valence electrons. The molecule has 4 nitrogen and oxygen atoms in total. The van der Waals surface area contributed by atoms with Gasteiger partial charge in [-0.05, 0) is 37.7 Å². The van der Waals surface area contributed by atoms with Gasteiger partial charge in [-0.2, -0.15) is 0 Å². The first-order valence-corrected chi connectivity index (χ1v) is 6.94. The van der Waals surface area contributed by atoms with Crippen LogP contribution < -0.4 is 5.32 Å². The van der Waals surface area contributed by atoms with E-state index in [4.69, 9.17) is 9.15 Å². The van der Waals surface area contributed by atoms with E-state index in [1.165, 1.54) is 20.0 Å². The number of hydrogen-bond donors (Lipinski definition) is 1. The minimum Gasteiger partial charge on any atom is -0.465 e. The maximum atomic E-state index is 11.5. The van der Waals surface area contributed by atoms with Crippen LogP contribution in [0.1, 0.15) is 48.6 Å². The molecule has 4 heteroatoms. The van der Waals surface area contributed by atoms with Gasteiger partial charge in [-0.25, -0.2) is 4.79 Å². The molecule has 1 aromatic heterocycles. The standard InChI is InChI=1S/C15H23NO3/c1-9-5-6-14(10(9)2)16-8-12-7-13(11(3)19-12)15(17)18-4/h7,9-10,14,16H,5-6,8H2,1-4H3. The normalized spacial score (nSPS) is 26.6. The van der Waals surface area contributed by atoms with E-state index < -0.39 is 0 Å². The Morgan fingerprint density at radius 3 is 2.79 bits per heavy atom. The number of nitrogens with one attached hydrogen (secondary N) is 1. The van der Waals surface area contributed by atoms with Crippen molar-refractivity contribution in [1.29, 1.82) is 0 Å². The van der Waals surface area contributed by atoms with Crippen LogP contribution in [0.2, 0.25) is 0 Å². The fourth-order valence-corrected chi connectivity index (χ4v) is 2.83. The van der Waals surface area contributed by atoms with Gasteiger partial charge in [0, 0.05) is 6.04 Å². The van der Waals surface area contributed by atoms with Gasteiger partial charge < -0.3 is 14.5 Å². The zero-order valence-electron chi connectivity index (χ0n) is 12.2. The second kappa shape index (κ2) is 5.78. The highest BCUT2D eigenvalue weighted by atomic mass is 16.5. The summed E-state index contributed by atoms with van der Waals surface area (Å²) in [7, 11) is 1.38. The summed E-state index contributed by atoms with van der Waals surface area (Å²) in [5.41, 5.74) is 0.520. The Hall–Kier alpha value is -1.29. The lowest BCUT2D eigenvalue weighted by Gasteiger charge is -2.18. The zero-order chi connectivity index (χ0) is 14.0. The van der Waals surface area contributed by atoms with Crippen molar-refractivity contribution in [2.45, 2.75) is 46.2 Å². The molecule has 0 radical (unpaired) electrons. The third-order valence-electron chi connectivity index (χ3n) is 4.38. The van der Waals surface area contributed by atoms with Crippen molar-refractivity contribution in [3.63, 3.8) is 0 Å². The molecule has 3 unspecified atom stereocenters. The van der Waals surface area contributed by atoms with Gasteiger partial charge in [0.2, 0.25) is 0 Å². The lowest BCUT2D eigenvalue weighted by atomic mass is 9.98. The largest absolute Gasteiger partial charge is 0.465 e. The molecule has 0 spiro atoms. The Bertz CT molecular complexity index is 452. The van der Waals surface area contributed by atoms with Crippen LogP contribution >= 0.6 is 0 Å². The van der Waals surface area contributed by atoms with Crippen LogP contribution in [0.3, 0.4) is 0 Å². The Labute approximate surface area is 114 Å². The van der Waals surface area contributed by atoms with Crippen LogP contribution in [0.15, 0.2) is 10.5 Å². The van der Waals surface area contributed by atoms with Gasteiger partial charge in [0.05, 0.1) is 13.7 Å². The predicted octanol–water partition coefficient (Wildman–Crippen LogP) is 2.90. The summed E-state index contributed by atoms with van der Waals surface area (Å²) in [5.74, 6) is 2.55. The van der Waals surface area contributed by atoms with Gasteiger partial charge >= 0.3 is 5.97 Å². The van der Waals surface area contributed by atoms with Crippen LogP contribution in [0, 0.1) is 18.8 Å². The molecular weight excluding hydrogens is 242 g/mol. The molecule has 0 aliphatic heterocycles. The van der Waals surface area contributed by atoms with E-state index in [0.717, 1.165) is 11.7 Å². The molecule has 1 heterocycles. The van der Waals surface area contributed by atoms with Crippen LogP contribution in [0.5, 0.6) is 0 Å². The lowest BCUT2D eigenvalue weighted by Crippen LogP contribution is -2.31. The van der Waals surface area contributed by atoms with Crippen molar-refractivity contribution in [2.24, 2.45) is 11.8 Å². The number of methoxy groups -OCH3 is 1. The van der Waals surface area contributed by atoms with Gasteiger partial charge in [-0.3, -0.25) is 0 Å². The molecule has 3 atom stereocenters. The summed E-state index contributed by atoms with van der Waals surface area (Å²) in [5, 5.41) is 3.53. The van der Waals surface area contributed by atoms with E-state index in [1.807, 2.05) is 0 Å². The quantitative estimate of drug-likeness (QED) is 0.850. The predicted molar refractivity (Wildman–Crippen MR) is 73.0 cm³/mol. The number of ether oxygens (including phenoxy) is 1. The highest BCUT2D eigenvalue weighted by Gasteiger charge is 2.29. The zero-order valence-corrected chi connectivity index (χ0v) is 12.2. The summed E-state index contributed by atoms with van der Waals surface area (Å²) in [6.45, 7) is 7.05. The van der Waals surface area contributed by atoms with Crippen molar-refractivity contribution >= 4 is 5.97 Å². The van der Waals surface area contributed by atoms with E-state index in [1.54, 1.807) is 13.0 Å². The second-order valence-corrected chi connectivity index (χ2v) is 5.58. The number of aryl methyl sites for hydroxylation is 1. The summed E-state index contributed by atoms with van der Waals surface area (Å²) in [6.07, 6.45) is 2.50. The fourth-order valence-electron chi connectivity index (χ4n) is 2.83. The molecule has 0 amide bonds. The van der Waals surface area contributed by atoms with Gasteiger partial charge in [0.25, 0.3) is 0 Å². The first-order valence-electron chi connectivity index (χ1n) is 6.94. The van der Waals surface area contributed by atoms with Gasteiger partial charge in [-0.1, -0.05) is 13.8 Å². The Morgan fingerprint density at radius 2 is 2.21 bits per heavy atom. The molecule has 1 fully saturated rings. The third-order valence-corrected chi connectivity index (χ3v) is 4.38. The highest BCUT2D eigenvalue weighted by molar-refractivity contribution is 5.90. The first kappa shape index (κ1) is 14.1. The van der Waals surface area contributed by atoms with Crippen LogP contribution in [-0.4, -0.2) is 19.1 Å².